The Morgan fingerprint density at radius 3 is 2.55 bits per heavy atom. The first kappa shape index (κ1) is 19.2. The minimum atomic E-state index is -0.347. The summed E-state index contributed by atoms with van der Waals surface area (Å²) in [6.45, 7) is 5.21. The molecule has 0 aliphatic carbocycles. The second kappa shape index (κ2) is 10.8. The van der Waals surface area contributed by atoms with Crippen LogP contribution in [0.15, 0.2) is 45.6 Å². The minimum absolute atomic E-state index is 0.347. The van der Waals surface area contributed by atoms with Crippen molar-refractivity contribution in [2.75, 3.05) is 13.7 Å². The van der Waals surface area contributed by atoms with E-state index in [9.17, 15) is 5.11 Å². The number of methoxy groups -OCH3 is 1. The van der Waals surface area contributed by atoms with Gasteiger partial charge in [-0.1, -0.05) is 46.4 Å². The number of aliphatic hydroxyl groups excluding tert-OH is 1. The highest BCUT2D eigenvalue weighted by atomic mass is 127. The Morgan fingerprint density at radius 1 is 1.27 bits per heavy atom. The number of allylic oxidation sites excluding steroid dienone is 1. The Hall–Kier alpha value is -0.850. The van der Waals surface area contributed by atoms with E-state index in [-0.39, 0.29) is 6.10 Å². The summed E-state index contributed by atoms with van der Waals surface area (Å²) in [5, 5.41) is 9.89. The van der Waals surface area contributed by atoms with E-state index in [2.05, 4.69) is 35.6 Å². The molecular weight excluding hydrogens is 391 g/mol. The van der Waals surface area contributed by atoms with Gasteiger partial charge < -0.3 is 14.6 Å². The van der Waals surface area contributed by atoms with Gasteiger partial charge in [0.05, 0.1) is 26.4 Å². The van der Waals surface area contributed by atoms with E-state index in [0.29, 0.717) is 13.2 Å². The van der Waals surface area contributed by atoms with Crippen molar-refractivity contribution in [2.45, 2.75) is 39.4 Å². The molecule has 0 saturated carbocycles. The molecule has 0 fully saturated rings. The van der Waals surface area contributed by atoms with Crippen LogP contribution >= 0.6 is 22.6 Å². The van der Waals surface area contributed by atoms with Gasteiger partial charge >= 0.3 is 0 Å². The molecule has 1 atom stereocenters. The Labute approximate surface area is 147 Å². The van der Waals surface area contributed by atoms with Crippen molar-refractivity contribution in [3.8, 4) is 5.75 Å². The molecule has 0 amide bonds. The van der Waals surface area contributed by atoms with Crippen LogP contribution < -0.4 is 4.74 Å². The molecule has 0 aliphatic rings. The second-order valence-electron chi connectivity index (χ2n) is 5.32. The summed E-state index contributed by atoms with van der Waals surface area (Å²) in [6, 6.07) is 7.88. The number of aliphatic hydroxyl groups is 1. The maximum absolute atomic E-state index is 9.89. The largest absolute Gasteiger partial charge is 0.497 e. The average molecular weight is 416 g/mol. The van der Waals surface area contributed by atoms with Crippen molar-refractivity contribution < 1.29 is 14.6 Å². The molecule has 1 aromatic carbocycles. The van der Waals surface area contributed by atoms with E-state index in [1.807, 2.05) is 35.3 Å². The van der Waals surface area contributed by atoms with Crippen LogP contribution in [0.25, 0.3) is 0 Å². The Bertz CT molecular complexity index is 492. The van der Waals surface area contributed by atoms with E-state index < -0.39 is 0 Å². The van der Waals surface area contributed by atoms with Gasteiger partial charge in [-0.15, -0.1) is 0 Å². The number of hydrogen-bond acceptors (Lipinski definition) is 3. The fourth-order valence-corrected chi connectivity index (χ4v) is 2.28. The quantitative estimate of drug-likeness (QED) is 0.362. The van der Waals surface area contributed by atoms with Gasteiger partial charge in [0, 0.05) is 0 Å². The third kappa shape index (κ3) is 7.42. The first-order chi connectivity index (χ1) is 10.6. The second-order valence-corrected chi connectivity index (χ2v) is 5.94. The van der Waals surface area contributed by atoms with Crippen molar-refractivity contribution in [1.29, 1.82) is 0 Å². The topological polar surface area (TPSA) is 38.7 Å². The summed E-state index contributed by atoms with van der Waals surface area (Å²) in [5.41, 5.74) is 3.39. The average Bonchev–Trinajstić information content (AvgIpc) is 2.56. The van der Waals surface area contributed by atoms with Crippen LogP contribution in [-0.2, 0) is 11.3 Å². The van der Waals surface area contributed by atoms with Crippen LogP contribution in [0, 0.1) is 0 Å². The molecule has 22 heavy (non-hydrogen) atoms. The molecule has 1 aromatic rings. The van der Waals surface area contributed by atoms with E-state index in [1.54, 1.807) is 7.11 Å². The minimum Gasteiger partial charge on any atom is -0.497 e. The van der Waals surface area contributed by atoms with Crippen LogP contribution in [0.4, 0.5) is 0 Å². The maximum atomic E-state index is 9.89. The lowest BCUT2D eigenvalue weighted by atomic mass is 10.0. The SMILES string of the molecule is COc1ccc(COC/C=C(\C)CC[C@H](O)/C(C)=C\I)cc1. The predicted molar refractivity (Wildman–Crippen MR) is 99.4 cm³/mol. The van der Waals surface area contributed by atoms with E-state index in [0.717, 1.165) is 29.7 Å². The summed E-state index contributed by atoms with van der Waals surface area (Å²) >= 11 is 2.16. The Kier molecular flexibility index (Phi) is 9.43. The highest BCUT2D eigenvalue weighted by Gasteiger charge is 2.05. The molecule has 3 nitrogen and oxygen atoms in total. The normalized spacial score (nSPS) is 14.0. The third-order valence-corrected chi connectivity index (χ3v) is 4.47. The van der Waals surface area contributed by atoms with Crippen LogP contribution in [-0.4, -0.2) is 24.9 Å². The molecule has 0 spiro atoms. The lowest BCUT2D eigenvalue weighted by molar-refractivity contribution is 0.148. The van der Waals surface area contributed by atoms with Crippen LogP contribution in [0.1, 0.15) is 32.3 Å². The zero-order chi connectivity index (χ0) is 16.4. The van der Waals surface area contributed by atoms with E-state index in [4.69, 9.17) is 9.47 Å². The highest BCUT2D eigenvalue weighted by molar-refractivity contribution is 14.1. The van der Waals surface area contributed by atoms with Gasteiger partial charge in [0.1, 0.15) is 5.75 Å². The molecular formula is C18H25IO3. The van der Waals surface area contributed by atoms with Crippen LogP contribution in [0.5, 0.6) is 5.75 Å². The van der Waals surface area contributed by atoms with Crippen molar-refractivity contribution >= 4 is 22.6 Å². The zero-order valence-electron chi connectivity index (χ0n) is 13.5. The Morgan fingerprint density at radius 2 is 1.95 bits per heavy atom. The van der Waals surface area contributed by atoms with E-state index >= 15 is 0 Å². The lowest BCUT2D eigenvalue weighted by Gasteiger charge is -2.10. The molecule has 0 unspecified atom stereocenters. The van der Waals surface area contributed by atoms with Gasteiger partial charge in [0.25, 0.3) is 0 Å². The van der Waals surface area contributed by atoms with Crippen molar-refractivity contribution in [2.24, 2.45) is 0 Å². The molecule has 1 rings (SSSR count). The van der Waals surface area contributed by atoms with Crippen molar-refractivity contribution in [3.63, 3.8) is 0 Å². The summed E-state index contributed by atoms with van der Waals surface area (Å²) in [4.78, 5) is 0. The molecule has 0 heterocycles. The molecule has 0 saturated heterocycles. The summed E-state index contributed by atoms with van der Waals surface area (Å²) in [7, 11) is 1.66. The predicted octanol–water partition coefficient (Wildman–Crippen LogP) is 4.64. The molecule has 0 aliphatic heterocycles. The third-order valence-electron chi connectivity index (χ3n) is 3.49. The van der Waals surface area contributed by atoms with Gasteiger partial charge in [-0.25, -0.2) is 0 Å². The molecule has 122 valence electrons. The van der Waals surface area contributed by atoms with Gasteiger partial charge in [-0.3, -0.25) is 0 Å². The molecule has 1 N–H and O–H groups in total. The van der Waals surface area contributed by atoms with Gasteiger partial charge in [0.2, 0.25) is 0 Å². The summed E-state index contributed by atoms with van der Waals surface area (Å²) < 4.78 is 12.7. The van der Waals surface area contributed by atoms with Crippen molar-refractivity contribution in [3.05, 3.63) is 51.1 Å². The molecule has 4 heteroatoms. The number of hydrogen-bond donors (Lipinski definition) is 1. The number of halogens is 1. The molecule has 0 radical (unpaired) electrons. The van der Waals surface area contributed by atoms with Crippen molar-refractivity contribution in [1.82, 2.24) is 0 Å². The first-order valence-corrected chi connectivity index (χ1v) is 8.62. The van der Waals surface area contributed by atoms with E-state index in [1.165, 1.54) is 5.57 Å². The zero-order valence-corrected chi connectivity index (χ0v) is 15.7. The van der Waals surface area contributed by atoms with Crippen LogP contribution in [0.3, 0.4) is 0 Å². The van der Waals surface area contributed by atoms with Gasteiger partial charge in [-0.2, -0.15) is 0 Å². The fourth-order valence-electron chi connectivity index (χ4n) is 1.87. The molecule has 0 bridgehead atoms. The number of benzene rings is 1. The highest BCUT2D eigenvalue weighted by Crippen LogP contribution is 2.14. The lowest BCUT2D eigenvalue weighted by Crippen LogP contribution is -2.07. The molecule has 0 aromatic heterocycles. The van der Waals surface area contributed by atoms with Crippen LogP contribution in [0.2, 0.25) is 0 Å². The smallest absolute Gasteiger partial charge is 0.118 e. The summed E-state index contributed by atoms with van der Waals surface area (Å²) in [6.07, 6.45) is 3.38. The van der Waals surface area contributed by atoms with Gasteiger partial charge in [0.15, 0.2) is 0 Å². The fraction of sp³-hybridized carbons (Fsp3) is 0.444. The number of ether oxygens (including phenoxy) is 2. The Balaban J connectivity index is 2.26. The number of rotatable bonds is 9. The first-order valence-electron chi connectivity index (χ1n) is 7.38. The maximum Gasteiger partial charge on any atom is 0.118 e. The summed E-state index contributed by atoms with van der Waals surface area (Å²) in [5.74, 6) is 0.855. The standard InChI is InChI=1S/C18H25IO3/c1-14(4-9-18(20)15(2)12-19)10-11-22-13-16-5-7-17(21-3)8-6-16/h5-8,10,12,18,20H,4,9,11,13H2,1-3H3/b14-10+,15-12-/t18-/m0/s1. The van der Waals surface area contributed by atoms with Gasteiger partial charge in [-0.05, 0) is 54.0 Å². The monoisotopic (exact) mass is 416 g/mol.